The van der Waals surface area contributed by atoms with Gasteiger partial charge in [-0.1, -0.05) is 41.9 Å². The van der Waals surface area contributed by atoms with E-state index in [1.54, 1.807) is 19.1 Å². The van der Waals surface area contributed by atoms with Gasteiger partial charge in [0, 0.05) is 22.7 Å². The van der Waals surface area contributed by atoms with E-state index in [0.717, 1.165) is 5.56 Å². The van der Waals surface area contributed by atoms with Gasteiger partial charge >= 0.3 is 0 Å². The lowest BCUT2D eigenvalue weighted by Crippen LogP contribution is -2.09. The van der Waals surface area contributed by atoms with Crippen LogP contribution in [0.2, 0.25) is 5.02 Å². The molecule has 6 heteroatoms. The lowest BCUT2D eigenvalue weighted by molar-refractivity contribution is -0.384. The Hall–Kier alpha value is -2.40. The number of nitro groups is 1. The third-order valence-electron chi connectivity index (χ3n) is 2.95. The van der Waals surface area contributed by atoms with E-state index in [4.69, 9.17) is 11.6 Å². The zero-order valence-electron chi connectivity index (χ0n) is 11.4. The molecule has 0 unspecified atom stereocenters. The summed E-state index contributed by atoms with van der Waals surface area (Å²) in [5, 5.41) is 15.6. The van der Waals surface area contributed by atoms with Crippen molar-refractivity contribution in [2.24, 2.45) is 5.10 Å². The zero-order chi connectivity index (χ0) is 15.2. The average molecular weight is 304 g/mol. The lowest BCUT2D eigenvalue weighted by atomic mass is 10.1. The molecule has 0 atom stereocenters. The number of halogens is 1. The number of nitro benzene ring substituents is 1. The van der Waals surface area contributed by atoms with Crippen molar-refractivity contribution in [2.75, 3.05) is 0 Å². The van der Waals surface area contributed by atoms with Crippen LogP contribution < -0.4 is 5.43 Å². The highest BCUT2D eigenvalue weighted by Crippen LogP contribution is 2.15. The fourth-order valence-electron chi connectivity index (χ4n) is 1.79. The maximum Gasteiger partial charge on any atom is 0.270 e. The van der Waals surface area contributed by atoms with Gasteiger partial charge in [0.05, 0.1) is 17.2 Å². The molecule has 0 heterocycles. The predicted molar refractivity (Wildman–Crippen MR) is 83.6 cm³/mol. The molecule has 1 N–H and O–H groups in total. The fraction of sp³-hybridized carbons (Fsp3) is 0.133. The lowest BCUT2D eigenvalue weighted by Gasteiger charge is -2.05. The van der Waals surface area contributed by atoms with Crippen LogP contribution in [0, 0.1) is 10.1 Å². The van der Waals surface area contributed by atoms with Crippen molar-refractivity contribution in [1.29, 1.82) is 0 Å². The second-order valence-corrected chi connectivity index (χ2v) is 4.84. The first-order chi connectivity index (χ1) is 10.1. The van der Waals surface area contributed by atoms with Crippen molar-refractivity contribution < 1.29 is 4.92 Å². The summed E-state index contributed by atoms with van der Waals surface area (Å²) in [6.45, 7) is 2.28. The van der Waals surface area contributed by atoms with Crippen molar-refractivity contribution in [3.63, 3.8) is 0 Å². The third kappa shape index (κ3) is 4.03. The number of benzene rings is 2. The summed E-state index contributed by atoms with van der Waals surface area (Å²) in [7, 11) is 0. The highest BCUT2D eigenvalue weighted by molar-refractivity contribution is 6.31. The Balaban J connectivity index is 2.06. The van der Waals surface area contributed by atoms with Gasteiger partial charge in [-0.05, 0) is 18.6 Å². The number of non-ortho nitro benzene ring substituents is 1. The van der Waals surface area contributed by atoms with Crippen LogP contribution in [0.1, 0.15) is 18.1 Å². The SMILES string of the molecule is C/C(=N/NCc1ccccc1Cl)c1cccc([N+](=O)[O-])c1. The van der Waals surface area contributed by atoms with Gasteiger partial charge in [-0.2, -0.15) is 5.10 Å². The average Bonchev–Trinajstić information content (AvgIpc) is 2.49. The number of hydrogen-bond acceptors (Lipinski definition) is 4. The molecule has 0 amide bonds. The van der Waals surface area contributed by atoms with Crippen LogP contribution in [0.15, 0.2) is 53.6 Å². The summed E-state index contributed by atoms with van der Waals surface area (Å²) in [6, 6.07) is 13.9. The maximum absolute atomic E-state index is 10.7. The van der Waals surface area contributed by atoms with Crippen molar-refractivity contribution in [3.8, 4) is 0 Å². The minimum Gasteiger partial charge on any atom is -0.305 e. The molecule has 0 bridgehead atoms. The van der Waals surface area contributed by atoms with Crippen LogP contribution in [0.5, 0.6) is 0 Å². The topological polar surface area (TPSA) is 67.5 Å². The molecule has 0 aromatic heterocycles. The van der Waals surface area contributed by atoms with Crippen LogP contribution in [-0.2, 0) is 6.54 Å². The Morgan fingerprint density at radius 2 is 2.05 bits per heavy atom. The van der Waals surface area contributed by atoms with Gasteiger partial charge < -0.3 is 5.43 Å². The molecule has 2 aromatic carbocycles. The second kappa shape index (κ2) is 6.85. The fourth-order valence-corrected chi connectivity index (χ4v) is 2.00. The monoisotopic (exact) mass is 303 g/mol. The maximum atomic E-state index is 10.7. The van der Waals surface area contributed by atoms with Crippen LogP contribution in [0.4, 0.5) is 5.69 Å². The van der Waals surface area contributed by atoms with Crippen molar-refractivity contribution >= 4 is 23.0 Å². The first kappa shape index (κ1) is 15.0. The standard InChI is InChI=1S/C15H14ClN3O2/c1-11(12-6-4-7-14(9-12)19(20)21)18-17-10-13-5-2-3-8-15(13)16/h2-9,17H,10H2,1H3/b18-11-. The Labute approximate surface area is 127 Å². The smallest absolute Gasteiger partial charge is 0.270 e. The van der Waals surface area contributed by atoms with E-state index in [1.165, 1.54) is 12.1 Å². The largest absolute Gasteiger partial charge is 0.305 e. The Bertz CT molecular complexity index is 686. The molecular weight excluding hydrogens is 290 g/mol. The molecule has 0 spiro atoms. The van der Waals surface area contributed by atoms with Gasteiger partial charge in [0.15, 0.2) is 0 Å². The van der Waals surface area contributed by atoms with Crippen LogP contribution >= 0.6 is 11.6 Å². The van der Waals surface area contributed by atoms with E-state index in [0.29, 0.717) is 22.8 Å². The molecule has 0 aliphatic carbocycles. The van der Waals surface area contributed by atoms with Crippen molar-refractivity contribution in [3.05, 3.63) is 74.8 Å². The number of nitrogens with zero attached hydrogens (tertiary/aromatic N) is 2. The third-order valence-corrected chi connectivity index (χ3v) is 3.32. The normalized spacial score (nSPS) is 11.2. The van der Waals surface area contributed by atoms with Crippen molar-refractivity contribution in [1.82, 2.24) is 5.43 Å². The first-order valence-corrected chi connectivity index (χ1v) is 6.71. The zero-order valence-corrected chi connectivity index (χ0v) is 12.2. The molecule has 0 saturated carbocycles. The number of hydrogen-bond donors (Lipinski definition) is 1. The highest BCUT2D eigenvalue weighted by atomic mass is 35.5. The molecule has 5 nitrogen and oxygen atoms in total. The van der Waals surface area contributed by atoms with Crippen LogP contribution in [-0.4, -0.2) is 10.6 Å². The summed E-state index contributed by atoms with van der Waals surface area (Å²) in [5.41, 5.74) is 5.29. The summed E-state index contributed by atoms with van der Waals surface area (Å²) in [6.07, 6.45) is 0. The molecule has 21 heavy (non-hydrogen) atoms. The molecule has 0 aliphatic heterocycles. The van der Waals surface area contributed by atoms with Crippen LogP contribution in [0.25, 0.3) is 0 Å². The Morgan fingerprint density at radius 1 is 1.29 bits per heavy atom. The van der Waals surface area contributed by atoms with E-state index in [1.807, 2.05) is 24.3 Å². The van der Waals surface area contributed by atoms with E-state index in [9.17, 15) is 10.1 Å². The molecule has 0 aliphatic rings. The molecule has 0 radical (unpaired) electrons. The first-order valence-electron chi connectivity index (χ1n) is 6.33. The molecule has 2 rings (SSSR count). The minimum absolute atomic E-state index is 0.0492. The van der Waals surface area contributed by atoms with Gasteiger partial charge in [-0.15, -0.1) is 0 Å². The van der Waals surface area contributed by atoms with Gasteiger partial charge in [-0.25, -0.2) is 0 Å². The molecule has 2 aromatic rings. The van der Waals surface area contributed by atoms with Crippen molar-refractivity contribution in [2.45, 2.75) is 13.5 Å². The van der Waals surface area contributed by atoms with E-state index >= 15 is 0 Å². The molecular formula is C15H14ClN3O2. The van der Waals surface area contributed by atoms with Gasteiger partial charge in [0.25, 0.3) is 5.69 Å². The minimum atomic E-state index is -0.423. The van der Waals surface area contributed by atoms with Gasteiger partial charge in [-0.3, -0.25) is 10.1 Å². The number of nitrogens with one attached hydrogen (secondary N) is 1. The van der Waals surface area contributed by atoms with Gasteiger partial charge in [0.1, 0.15) is 0 Å². The van der Waals surface area contributed by atoms with Gasteiger partial charge in [0.2, 0.25) is 0 Å². The second-order valence-electron chi connectivity index (χ2n) is 4.43. The Morgan fingerprint density at radius 3 is 2.76 bits per heavy atom. The summed E-state index contributed by atoms with van der Waals surface area (Å²) in [5.74, 6) is 0. The molecule has 0 fully saturated rings. The molecule has 0 saturated heterocycles. The number of hydrazone groups is 1. The van der Waals surface area contributed by atoms with E-state index in [2.05, 4.69) is 10.5 Å². The Kier molecular flexibility index (Phi) is 4.90. The summed E-state index contributed by atoms with van der Waals surface area (Å²) < 4.78 is 0. The van der Waals surface area contributed by atoms with Crippen LogP contribution in [0.3, 0.4) is 0 Å². The van der Waals surface area contributed by atoms with E-state index < -0.39 is 4.92 Å². The number of rotatable bonds is 5. The predicted octanol–water partition coefficient (Wildman–Crippen LogP) is 3.76. The quantitative estimate of drug-likeness (QED) is 0.519. The van der Waals surface area contributed by atoms with E-state index in [-0.39, 0.29) is 5.69 Å². The summed E-state index contributed by atoms with van der Waals surface area (Å²) >= 11 is 6.05. The molecule has 108 valence electrons. The summed E-state index contributed by atoms with van der Waals surface area (Å²) in [4.78, 5) is 10.3. The highest BCUT2D eigenvalue weighted by Gasteiger charge is 2.07.